The first-order valence-corrected chi connectivity index (χ1v) is 13.0. The van der Waals surface area contributed by atoms with Crippen molar-refractivity contribution < 1.29 is 4.74 Å². The zero-order valence-corrected chi connectivity index (χ0v) is 21.4. The van der Waals surface area contributed by atoms with Gasteiger partial charge in [0.1, 0.15) is 23.2 Å². The molecule has 186 valence electrons. The Morgan fingerprint density at radius 1 is 1.17 bits per heavy atom. The van der Waals surface area contributed by atoms with Gasteiger partial charge in [-0.25, -0.2) is 0 Å². The summed E-state index contributed by atoms with van der Waals surface area (Å²) in [5.41, 5.74) is 9.53. The number of halogens is 2. The highest BCUT2D eigenvalue weighted by Crippen LogP contribution is 2.40. The molecular weight excluding hydrogens is 497 g/mol. The Morgan fingerprint density at radius 3 is 2.69 bits per heavy atom. The van der Waals surface area contributed by atoms with Crippen LogP contribution in [0.4, 0.5) is 5.82 Å². The van der Waals surface area contributed by atoms with E-state index in [1.165, 1.54) is 12.8 Å². The third-order valence-electron chi connectivity index (χ3n) is 7.14. The minimum atomic E-state index is -0.366. The van der Waals surface area contributed by atoms with E-state index in [0.717, 1.165) is 48.6 Å². The van der Waals surface area contributed by atoms with Crippen LogP contribution in [0.2, 0.25) is 10.0 Å². The molecule has 1 aliphatic heterocycles. The molecule has 2 fully saturated rings. The summed E-state index contributed by atoms with van der Waals surface area (Å²) >= 11 is 12.6. The van der Waals surface area contributed by atoms with Crippen LogP contribution in [0.3, 0.4) is 0 Å². The summed E-state index contributed by atoms with van der Waals surface area (Å²) in [4.78, 5) is 6.25. The number of nitrogens with zero attached hydrogens (tertiary/aromatic N) is 5. The van der Waals surface area contributed by atoms with E-state index in [0.29, 0.717) is 32.7 Å². The second-order valence-corrected chi connectivity index (χ2v) is 10.8. The van der Waals surface area contributed by atoms with Crippen molar-refractivity contribution >= 4 is 39.9 Å². The molecule has 8 nitrogen and oxygen atoms in total. The maximum atomic E-state index is 6.67. The maximum absolute atomic E-state index is 6.67. The Hall–Kier alpha value is -2.94. The monoisotopic (exact) mass is 523 g/mol. The molecule has 0 amide bonds. The van der Waals surface area contributed by atoms with Crippen molar-refractivity contribution in [1.29, 1.82) is 0 Å². The number of benzene rings is 1. The van der Waals surface area contributed by atoms with Gasteiger partial charge in [0.2, 0.25) is 0 Å². The number of anilines is 1. The molecule has 6 rings (SSSR count). The number of pyridine rings is 1. The predicted octanol–water partition coefficient (Wildman–Crippen LogP) is 5.57. The Morgan fingerprint density at radius 2 is 1.97 bits per heavy atom. The van der Waals surface area contributed by atoms with E-state index in [4.69, 9.17) is 33.7 Å². The minimum Gasteiger partial charge on any atom is -0.486 e. The summed E-state index contributed by atoms with van der Waals surface area (Å²) < 4.78 is 6.18. The first kappa shape index (κ1) is 23.5. The van der Waals surface area contributed by atoms with Crippen LogP contribution in [-0.4, -0.2) is 44.0 Å². The Kier molecular flexibility index (Phi) is 5.98. The van der Waals surface area contributed by atoms with E-state index in [2.05, 4.69) is 30.3 Å². The number of H-pyrrole nitrogens is 1. The molecule has 1 aliphatic carbocycles. The molecule has 2 aliphatic rings. The van der Waals surface area contributed by atoms with Crippen LogP contribution in [0.25, 0.3) is 22.3 Å². The molecular formula is C26H27Cl2N7O. The molecule has 0 spiro atoms. The molecule has 1 saturated carbocycles. The third kappa shape index (κ3) is 4.61. The zero-order valence-electron chi connectivity index (χ0n) is 19.9. The van der Waals surface area contributed by atoms with Crippen LogP contribution >= 0.6 is 23.2 Å². The predicted molar refractivity (Wildman–Crippen MR) is 142 cm³/mol. The van der Waals surface area contributed by atoms with Gasteiger partial charge < -0.3 is 15.4 Å². The molecule has 2 atom stereocenters. The first-order valence-electron chi connectivity index (χ1n) is 12.2. The van der Waals surface area contributed by atoms with E-state index in [1.807, 2.05) is 37.3 Å². The third-order valence-corrected chi connectivity index (χ3v) is 7.74. The number of rotatable bonds is 7. The average molecular weight is 524 g/mol. The van der Waals surface area contributed by atoms with Crippen molar-refractivity contribution in [2.24, 2.45) is 11.7 Å². The molecule has 0 bridgehead atoms. The molecule has 1 aromatic carbocycles. The summed E-state index contributed by atoms with van der Waals surface area (Å²) in [6, 6.07) is 9.71. The smallest absolute Gasteiger partial charge is 0.151 e. The molecule has 3 aromatic heterocycles. The highest BCUT2D eigenvalue weighted by molar-refractivity contribution is 6.35. The summed E-state index contributed by atoms with van der Waals surface area (Å²) in [5, 5.41) is 18.4. The molecule has 0 radical (unpaired) electrons. The van der Waals surface area contributed by atoms with Crippen molar-refractivity contribution in [2.45, 2.75) is 44.2 Å². The van der Waals surface area contributed by atoms with Crippen LogP contribution in [0.1, 0.15) is 44.3 Å². The second kappa shape index (κ2) is 9.18. The fourth-order valence-corrected chi connectivity index (χ4v) is 5.78. The highest BCUT2D eigenvalue weighted by atomic mass is 35.5. The molecule has 0 unspecified atom stereocenters. The van der Waals surface area contributed by atoms with Gasteiger partial charge >= 0.3 is 0 Å². The average Bonchev–Trinajstić information content (AvgIpc) is 3.42. The number of nitrogens with two attached hydrogens (primary N) is 1. The zero-order chi connectivity index (χ0) is 24.9. The molecule has 36 heavy (non-hydrogen) atoms. The van der Waals surface area contributed by atoms with Gasteiger partial charge in [-0.1, -0.05) is 36.0 Å². The van der Waals surface area contributed by atoms with Crippen LogP contribution in [-0.2, 0) is 0 Å². The molecule has 3 N–H and O–H groups in total. The van der Waals surface area contributed by atoms with Gasteiger partial charge in [-0.3, -0.25) is 10.1 Å². The van der Waals surface area contributed by atoms with Gasteiger partial charge in [-0.2, -0.15) is 5.10 Å². The van der Waals surface area contributed by atoms with Crippen molar-refractivity contribution in [2.75, 3.05) is 18.0 Å². The topological polar surface area (TPSA) is 106 Å². The first-order chi connectivity index (χ1) is 17.4. The molecule has 4 aromatic rings. The number of fused-ring (bicyclic) bond motifs is 1. The van der Waals surface area contributed by atoms with Gasteiger partial charge in [-0.05, 0) is 56.0 Å². The van der Waals surface area contributed by atoms with Gasteiger partial charge in [0.15, 0.2) is 5.82 Å². The Labute approximate surface area is 219 Å². The number of hydrogen-bond acceptors (Lipinski definition) is 7. The fourth-order valence-electron chi connectivity index (χ4n) is 5.11. The van der Waals surface area contributed by atoms with E-state index in [-0.39, 0.29) is 11.6 Å². The van der Waals surface area contributed by atoms with Gasteiger partial charge in [0, 0.05) is 42.0 Å². The minimum absolute atomic E-state index is 0.113. The van der Waals surface area contributed by atoms with Gasteiger partial charge in [-0.15, -0.1) is 10.2 Å². The Bertz CT molecular complexity index is 1390. The lowest BCUT2D eigenvalue weighted by molar-refractivity contribution is 0.227. The van der Waals surface area contributed by atoms with Crippen molar-refractivity contribution in [1.82, 2.24) is 25.4 Å². The highest BCUT2D eigenvalue weighted by Gasteiger charge is 2.39. The van der Waals surface area contributed by atoms with Crippen LogP contribution in [0.5, 0.6) is 5.75 Å². The van der Waals surface area contributed by atoms with E-state index >= 15 is 0 Å². The van der Waals surface area contributed by atoms with Crippen molar-refractivity contribution in [3.63, 3.8) is 0 Å². The van der Waals surface area contributed by atoms with E-state index in [9.17, 15) is 0 Å². The van der Waals surface area contributed by atoms with Crippen LogP contribution < -0.4 is 15.4 Å². The number of aromatic nitrogens is 5. The number of hydrogen-bond donors (Lipinski definition) is 2. The normalized spacial score (nSPS) is 20.7. The summed E-state index contributed by atoms with van der Waals surface area (Å²) in [5.74, 6) is 2.33. The van der Waals surface area contributed by atoms with E-state index < -0.39 is 0 Å². The largest absolute Gasteiger partial charge is 0.486 e. The van der Waals surface area contributed by atoms with Crippen molar-refractivity contribution in [3.05, 3.63) is 58.3 Å². The maximum Gasteiger partial charge on any atom is 0.151 e. The standard InChI is InChI=1S/C26H27Cl2N7O/c1-15(24-19(27)12-30-13-20(24)28)36-17-4-5-21-18(10-17)25(34-31-21)22-6-7-23(33-32-22)35-9-8-26(29,14-35)11-16-2-3-16/h4-7,10,12-13,15-16H,2-3,8-9,11,14,29H2,1H3,(H,31,34)/t15-,26-/m1/s1. The molecule has 4 heterocycles. The second-order valence-electron chi connectivity index (χ2n) is 10.0. The van der Waals surface area contributed by atoms with E-state index in [1.54, 1.807) is 12.4 Å². The lowest BCUT2D eigenvalue weighted by atomic mass is 9.93. The van der Waals surface area contributed by atoms with Crippen molar-refractivity contribution in [3.8, 4) is 17.1 Å². The Balaban J connectivity index is 1.21. The number of nitrogens with one attached hydrogen (secondary N) is 1. The molecule has 10 heteroatoms. The lowest BCUT2D eigenvalue weighted by Crippen LogP contribution is -2.43. The summed E-state index contributed by atoms with van der Waals surface area (Å²) in [6.07, 6.45) is 7.50. The molecule has 1 saturated heterocycles. The fraction of sp³-hybridized carbons (Fsp3) is 0.385. The van der Waals surface area contributed by atoms with Gasteiger partial charge in [0.05, 0.1) is 15.6 Å². The van der Waals surface area contributed by atoms with Crippen LogP contribution in [0, 0.1) is 5.92 Å². The summed E-state index contributed by atoms with van der Waals surface area (Å²) in [7, 11) is 0. The number of aromatic amines is 1. The lowest BCUT2D eigenvalue weighted by Gasteiger charge is -2.24. The quantitative estimate of drug-likeness (QED) is 0.326. The SMILES string of the molecule is C[C@@H](Oc1ccc2[nH]nc(-c3ccc(N4CC[C@@](N)(CC5CC5)C4)nn3)c2c1)c1c(Cl)cncc1Cl. The summed E-state index contributed by atoms with van der Waals surface area (Å²) in [6.45, 7) is 3.64. The van der Waals surface area contributed by atoms with Crippen LogP contribution in [0.15, 0.2) is 42.7 Å². The number of ether oxygens (including phenoxy) is 1. The van der Waals surface area contributed by atoms with Gasteiger partial charge in [0.25, 0.3) is 0 Å².